The number of hydrogen-bond donors (Lipinski definition) is 1. The molecule has 4 nitrogen and oxygen atoms in total. The average Bonchev–Trinajstić information content (AvgIpc) is 2.72. The topological polar surface area (TPSA) is 42.1 Å². The number of aromatic nitrogens is 1. The maximum absolute atomic E-state index is 11.5. The van der Waals surface area contributed by atoms with E-state index in [1.165, 1.54) is 31.5 Å². The van der Waals surface area contributed by atoms with E-state index in [1.54, 1.807) is 6.07 Å². The summed E-state index contributed by atoms with van der Waals surface area (Å²) >= 11 is 0. The summed E-state index contributed by atoms with van der Waals surface area (Å²) < 4.78 is 7.09. The molecule has 0 unspecified atom stereocenters. The van der Waals surface area contributed by atoms with Gasteiger partial charge in [-0.25, -0.2) is 0 Å². The van der Waals surface area contributed by atoms with Gasteiger partial charge >= 0.3 is 0 Å². The van der Waals surface area contributed by atoms with Gasteiger partial charge in [-0.15, -0.1) is 0 Å². The highest BCUT2D eigenvalue weighted by molar-refractivity contribution is 5.79. The largest absolute Gasteiger partial charge is 0.493 e. The van der Waals surface area contributed by atoms with Crippen LogP contribution in [-0.2, 0) is 0 Å². The molecule has 0 saturated carbocycles. The number of ether oxygens (including phenoxy) is 1. The quantitative estimate of drug-likeness (QED) is 0.513. The minimum Gasteiger partial charge on any atom is -0.493 e. The highest BCUT2D eigenvalue weighted by Gasteiger charge is 2.30. The molecule has 4 rings (SSSR count). The lowest BCUT2D eigenvalue weighted by atomic mass is 9.88. The molecule has 0 bridgehead atoms. The third-order valence-electron chi connectivity index (χ3n) is 6.11. The van der Waals surface area contributed by atoms with Gasteiger partial charge in [0.25, 0.3) is 0 Å². The second-order valence-electron chi connectivity index (χ2n) is 8.25. The Hall–Kier alpha value is -2.59. The van der Waals surface area contributed by atoms with E-state index in [9.17, 15) is 4.79 Å². The van der Waals surface area contributed by atoms with Gasteiger partial charge in [0.05, 0.1) is 38.8 Å². The molecule has 3 aromatic rings. The molecule has 1 N–H and O–H groups in total. The molecular weight excluding hydrogens is 348 g/mol. The summed E-state index contributed by atoms with van der Waals surface area (Å²) in [6.45, 7) is 4.32. The van der Waals surface area contributed by atoms with Gasteiger partial charge in [-0.05, 0) is 35.1 Å². The van der Waals surface area contributed by atoms with E-state index in [0.29, 0.717) is 12.5 Å². The predicted octanol–water partition coefficient (Wildman–Crippen LogP) is 4.32. The summed E-state index contributed by atoms with van der Waals surface area (Å²) in [5.74, 6) is 1.53. The van der Waals surface area contributed by atoms with Gasteiger partial charge < -0.3 is 14.2 Å². The first-order chi connectivity index (χ1) is 13.6. The van der Waals surface area contributed by atoms with E-state index in [1.807, 2.05) is 24.3 Å². The van der Waals surface area contributed by atoms with Gasteiger partial charge in [-0.3, -0.25) is 4.79 Å². The number of nitrogens with zero attached hydrogens (tertiary/aromatic N) is 1. The van der Waals surface area contributed by atoms with Crippen molar-refractivity contribution in [3.05, 3.63) is 76.6 Å². The molecule has 146 valence electrons. The van der Waals surface area contributed by atoms with E-state index in [4.69, 9.17) is 4.74 Å². The van der Waals surface area contributed by atoms with Gasteiger partial charge in [-0.2, -0.15) is 0 Å². The van der Waals surface area contributed by atoms with E-state index < -0.39 is 0 Å². The van der Waals surface area contributed by atoms with Crippen LogP contribution in [0.1, 0.15) is 30.7 Å². The van der Waals surface area contributed by atoms with Gasteiger partial charge in [0.15, 0.2) is 0 Å². The first kappa shape index (κ1) is 18.8. The molecular formula is C24H29N2O2+. The van der Waals surface area contributed by atoms with Crippen LogP contribution in [-0.4, -0.2) is 42.8 Å². The molecule has 2 heterocycles. The molecule has 0 amide bonds. The minimum absolute atomic E-state index is 0.0824. The summed E-state index contributed by atoms with van der Waals surface area (Å²) in [4.78, 5) is 14.3. The third-order valence-corrected chi connectivity index (χ3v) is 6.11. The van der Waals surface area contributed by atoms with Crippen LogP contribution in [0.25, 0.3) is 10.9 Å². The summed E-state index contributed by atoms with van der Waals surface area (Å²) in [5, 5.41) is 1.02. The Labute approximate surface area is 166 Å². The molecule has 4 heteroatoms. The van der Waals surface area contributed by atoms with Crippen LogP contribution < -0.4 is 10.3 Å². The lowest BCUT2D eigenvalue weighted by Gasteiger charge is -2.40. The second-order valence-corrected chi connectivity index (χ2v) is 8.25. The van der Waals surface area contributed by atoms with Crippen LogP contribution in [0.2, 0.25) is 0 Å². The average molecular weight is 378 g/mol. The Bertz CT molecular complexity index is 973. The molecule has 2 aromatic carbocycles. The fourth-order valence-electron chi connectivity index (χ4n) is 4.33. The van der Waals surface area contributed by atoms with Crippen LogP contribution in [0, 0.1) is 0 Å². The van der Waals surface area contributed by atoms with Crippen LogP contribution in [0.4, 0.5) is 0 Å². The van der Waals surface area contributed by atoms with Crippen molar-refractivity contribution in [2.24, 2.45) is 0 Å². The molecule has 0 aliphatic carbocycles. The Morgan fingerprint density at radius 3 is 2.57 bits per heavy atom. The molecule has 1 aliphatic heterocycles. The van der Waals surface area contributed by atoms with Crippen LogP contribution >= 0.6 is 0 Å². The SMILES string of the molecule is C[N+]1(CCCOc2ccc3ccc(=O)[nH]c3c2)CCC(c2ccccc2)CC1. The highest BCUT2D eigenvalue weighted by atomic mass is 16.5. The molecule has 1 fully saturated rings. The summed E-state index contributed by atoms with van der Waals surface area (Å²) in [6, 6.07) is 20.2. The normalized spacial score (nSPS) is 22.2. The Morgan fingerprint density at radius 1 is 1.04 bits per heavy atom. The maximum Gasteiger partial charge on any atom is 0.248 e. The van der Waals surface area contributed by atoms with Crippen LogP contribution in [0.5, 0.6) is 5.75 Å². The number of rotatable bonds is 6. The second kappa shape index (κ2) is 8.19. The number of likely N-dealkylation sites (tertiary alicyclic amines) is 1. The lowest BCUT2D eigenvalue weighted by Crippen LogP contribution is -2.50. The Morgan fingerprint density at radius 2 is 1.79 bits per heavy atom. The Balaban J connectivity index is 1.26. The number of H-pyrrole nitrogens is 1. The number of benzene rings is 2. The predicted molar refractivity (Wildman–Crippen MR) is 114 cm³/mol. The number of aromatic amines is 1. The van der Waals surface area contributed by atoms with Crippen molar-refractivity contribution in [1.82, 2.24) is 4.98 Å². The Kier molecular flexibility index (Phi) is 5.49. The number of nitrogens with one attached hydrogen (secondary N) is 1. The van der Waals surface area contributed by atoms with Gasteiger partial charge in [-0.1, -0.05) is 30.3 Å². The minimum atomic E-state index is -0.0824. The van der Waals surface area contributed by atoms with Crippen molar-refractivity contribution < 1.29 is 9.22 Å². The van der Waals surface area contributed by atoms with Crippen molar-refractivity contribution in [2.45, 2.75) is 25.2 Å². The first-order valence-electron chi connectivity index (χ1n) is 10.3. The van der Waals surface area contributed by atoms with E-state index in [2.05, 4.69) is 42.4 Å². The van der Waals surface area contributed by atoms with Crippen molar-refractivity contribution in [3.63, 3.8) is 0 Å². The zero-order chi connectivity index (χ0) is 19.4. The molecule has 0 atom stereocenters. The van der Waals surface area contributed by atoms with Gasteiger partial charge in [0, 0.05) is 31.4 Å². The summed E-state index contributed by atoms with van der Waals surface area (Å²) in [5.41, 5.74) is 2.24. The third kappa shape index (κ3) is 4.45. The molecule has 1 aromatic heterocycles. The summed E-state index contributed by atoms with van der Waals surface area (Å²) in [7, 11) is 2.38. The molecule has 0 spiro atoms. The van der Waals surface area contributed by atoms with E-state index in [0.717, 1.165) is 34.1 Å². The van der Waals surface area contributed by atoms with Crippen LogP contribution in [0.15, 0.2) is 65.5 Å². The molecule has 28 heavy (non-hydrogen) atoms. The van der Waals surface area contributed by atoms with E-state index >= 15 is 0 Å². The van der Waals surface area contributed by atoms with Gasteiger partial charge in [0.1, 0.15) is 5.75 Å². The number of hydrogen-bond acceptors (Lipinski definition) is 2. The van der Waals surface area contributed by atoms with Crippen molar-refractivity contribution in [2.75, 3.05) is 33.3 Å². The maximum atomic E-state index is 11.5. The first-order valence-corrected chi connectivity index (χ1v) is 10.3. The smallest absolute Gasteiger partial charge is 0.248 e. The summed E-state index contributed by atoms with van der Waals surface area (Å²) in [6.07, 6.45) is 3.56. The van der Waals surface area contributed by atoms with Crippen molar-refractivity contribution in [3.8, 4) is 5.75 Å². The zero-order valence-electron chi connectivity index (χ0n) is 16.6. The van der Waals surface area contributed by atoms with Crippen LogP contribution in [0.3, 0.4) is 0 Å². The van der Waals surface area contributed by atoms with Gasteiger partial charge in [0.2, 0.25) is 5.56 Å². The number of piperidine rings is 1. The number of pyridine rings is 1. The standard InChI is InChI=1S/C24H28N2O2/c1-26(15-12-20(13-16-26)19-6-3-2-4-7-19)14-5-17-28-22-10-8-21-9-11-24(27)25-23(21)18-22/h2-4,6-11,18,20H,5,12-17H2,1H3/p+1. The number of fused-ring (bicyclic) bond motifs is 1. The molecule has 0 radical (unpaired) electrons. The monoisotopic (exact) mass is 377 g/mol. The lowest BCUT2D eigenvalue weighted by molar-refractivity contribution is -0.914. The van der Waals surface area contributed by atoms with E-state index in [-0.39, 0.29) is 5.56 Å². The fourth-order valence-corrected chi connectivity index (χ4v) is 4.33. The van der Waals surface area contributed by atoms with Crippen molar-refractivity contribution in [1.29, 1.82) is 0 Å². The number of quaternary nitrogens is 1. The highest BCUT2D eigenvalue weighted by Crippen LogP contribution is 2.30. The molecule has 1 saturated heterocycles. The zero-order valence-corrected chi connectivity index (χ0v) is 16.6. The fraction of sp³-hybridized carbons (Fsp3) is 0.375. The van der Waals surface area contributed by atoms with Crippen molar-refractivity contribution >= 4 is 10.9 Å². The molecule has 1 aliphatic rings.